The molecule has 5 nitrogen and oxygen atoms in total. The molecular formula is C13H16N2O3. The van der Waals surface area contributed by atoms with Gasteiger partial charge in [0.1, 0.15) is 0 Å². The van der Waals surface area contributed by atoms with E-state index in [1.165, 1.54) is 0 Å². The molecule has 96 valence electrons. The molecule has 0 unspecified atom stereocenters. The third-order valence-corrected chi connectivity index (χ3v) is 3.04. The van der Waals surface area contributed by atoms with Gasteiger partial charge < -0.3 is 15.7 Å². The Morgan fingerprint density at radius 2 is 2.06 bits per heavy atom. The Morgan fingerprint density at radius 3 is 2.61 bits per heavy atom. The summed E-state index contributed by atoms with van der Waals surface area (Å²) in [5.74, 6) is -1.30. The molecule has 1 aliphatic heterocycles. The monoisotopic (exact) mass is 248 g/mol. The number of benzene rings is 1. The van der Waals surface area contributed by atoms with Crippen molar-refractivity contribution in [2.75, 3.05) is 6.54 Å². The number of amides is 1. The van der Waals surface area contributed by atoms with Gasteiger partial charge in [-0.05, 0) is 24.9 Å². The van der Waals surface area contributed by atoms with E-state index in [1.54, 1.807) is 24.3 Å². The van der Waals surface area contributed by atoms with Crippen molar-refractivity contribution in [2.24, 2.45) is 0 Å². The number of hydrogen-bond donors (Lipinski definition) is 3. The topological polar surface area (TPSA) is 78.4 Å². The molecule has 0 spiro atoms. The molecule has 0 bridgehead atoms. The smallest absolute Gasteiger partial charge is 0.330 e. The summed E-state index contributed by atoms with van der Waals surface area (Å²) >= 11 is 0. The maximum absolute atomic E-state index is 11.9. The van der Waals surface area contributed by atoms with Crippen LogP contribution in [-0.2, 0) is 9.59 Å². The second kappa shape index (κ2) is 5.64. The average molecular weight is 248 g/mol. The van der Waals surface area contributed by atoms with Crippen LogP contribution in [-0.4, -0.2) is 29.6 Å². The SMILES string of the molecule is O=C(O)[C@@H](NC(=O)[C@H]1CCCN1)c1ccccc1. The van der Waals surface area contributed by atoms with Crippen LogP contribution in [0.5, 0.6) is 0 Å². The zero-order valence-electron chi connectivity index (χ0n) is 9.93. The summed E-state index contributed by atoms with van der Waals surface area (Å²) in [5, 5.41) is 14.8. The van der Waals surface area contributed by atoms with Gasteiger partial charge >= 0.3 is 5.97 Å². The first-order valence-electron chi connectivity index (χ1n) is 6.00. The van der Waals surface area contributed by atoms with Crippen molar-refractivity contribution in [1.29, 1.82) is 0 Å². The highest BCUT2D eigenvalue weighted by atomic mass is 16.4. The van der Waals surface area contributed by atoms with E-state index in [-0.39, 0.29) is 11.9 Å². The fourth-order valence-electron chi connectivity index (χ4n) is 2.08. The molecule has 5 heteroatoms. The minimum absolute atomic E-state index is 0.247. The predicted octanol–water partition coefficient (Wildman–Crippen LogP) is 0.680. The molecule has 0 aliphatic carbocycles. The highest BCUT2D eigenvalue weighted by Crippen LogP contribution is 2.14. The largest absolute Gasteiger partial charge is 0.479 e. The highest BCUT2D eigenvalue weighted by molar-refractivity contribution is 5.87. The fraction of sp³-hybridized carbons (Fsp3) is 0.385. The van der Waals surface area contributed by atoms with E-state index in [2.05, 4.69) is 10.6 Å². The molecule has 1 heterocycles. The van der Waals surface area contributed by atoms with Gasteiger partial charge in [0, 0.05) is 0 Å². The van der Waals surface area contributed by atoms with Crippen LogP contribution in [0.4, 0.5) is 0 Å². The first-order valence-corrected chi connectivity index (χ1v) is 6.00. The fourth-order valence-corrected chi connectivity index (χ4v) is 2.08. The van der Waals surface area contributed by atoms with Crippen LogP contribution in [0, 0.1) is 0 Å². The summed E-state index contributed by atoms with van der Waals surface area (Å²) in [6, 6.07) is 7.46. The molecule has 1 saturated heterocycles. The zero-order valence-corrected chi connectivity index (χ0v) is 9.93. The number of aliphatic carboxylic acids is 1. The van der Waals surface area contributed by atoms with Gasteiger partial charge in [0.05, 0.1) is 6.04 Å². The van der Waals surface area contributed by atoms with E-state index in [9.17, 15) is 14.7 Å². The molecule has 2 atom stereocenters. The molecule has 0 aromatic heterocycles. The Balaban J connectivity index is 2.07. The Bertz CT molecular complexity index is 427. The zero-order chi connectivity index (χ0) is 13.0. The van der Waals surface area contributed by atoms with E-state index in [0.717, 1.165) is 19.4 Å². The van der Waals surface area contributed by atoms with Gasteiger partial charge in [0.25, 0.3) is 0 Å². The van der Waals surface area contributed by atoms with E-state index in [0.29, 0.717) is 5.56 Å². The Hall–Kier alpha value is -1.88. The van der Waals surface area contributed by atoms with Gasteiger partial charge in [-0.2, -0.15) is 0 Å². The summed E-state index contributed by atoms with van der Waals surface area (Å²) in [5.41, 5.74) is 0.580. The summed E-state index contributed by atoms with van der Waals surface area (Å²) < 4.78 is 0. The number of carbonyl (C=O) groups is 2. The van der Waals surface area contributed by atoms with Crippen LogP contribution in [0.3, 0.4) is 0 Å². The number of carboxylic acid groups (broad SMARTS) is 1. The normalized spacial score (nSPS) is 20.3. The van der Waals surface area contributed by atoms with Crippen LogP contribution < -0.4 is 10.6 Å². The molecule has 2 rings (SSSR count). The lowest BCUT2D eigenvalue weighted by Crippen LogP contribution is -2.44. The molecule has 1 aromatic carbocycles. The number of carbonyl (C=O) groups excluding carboxylic acids is 1. The summed E-state index contributed by atoms with van der Waals surface area (Å²) in [7, 11) is 0. The maximum Gasteiger partial charge on any atom is 0.330 e. The van der Waals surface area contributed by atoms with Crippen LogP contribution in [0.25, 0.3) is 0 Å². The van der Waals surface area contributed by atoms with Crippen LogP contribution >= 0.6 is 0 Å². The van der Waals surface area contributed by atoms with Crippen LogP contribution in [0.15, 0.2) is 30.3 Å². The van der Waals surface area contributed by atoms with Crippen molar-refractivity contribution in [3.63, 3.8) is 0 Å². The summed E-state index contributed by atoms with van der Waals surface area (Å²) in [4.78, 5) is 23.1. The second-order valence-electron chi connectivity index (χ2n) is 4.34. The van der Waals surface area contributed by atoms with Gasteiger partial charge in [-0.3, -0.25) is 4.79 Å². The van der Waals surface area contributed by atoms with Crippen molar-refractivity contribution in [2.45, 2.75) is 24.9 Å². The van der Waals surface area contributed by atoms with Crippen molar-refractivity contribution >= 4 is 11.9 Å². The number of hydrogen-bond acceptors (Lipinski definition) is 3. The third-order valence-electron chi connectivity index (χ3n) is 3.04. The molecule has 1 aromatic rings. The highest BCUT2D eigenvalue weighted by Gasteiger charge is 2.27. The van der Waals surface area contributed by atoms with Gasteiger partial charge in [-0.25, -0.2) is 4.79 Å². The average Bonchev–Trinajstić information content (AvgIpc) is 2.90. The molecule has 0 saturated carbocycles. The Kier molecular flexibility index (Phi) is 3.94. The molecule has 0 radical (unpaired) electrons. The van der Waals surface area contributed by atoms with E-state index in [1.807, 2.05) is 6.07 Å². The standard InChI is InChI=1S/C13H16N2O3/c16-12(10-7-4-8-14-10)15-11(13(17)18)9-5-2-1-3-6-9/h1-3,5-6,10-11,14H,4,7-8H2,(H,15,16)(H,17,18)/t10-,11+/m1/s1. The van der Waals surface area contributed by atoms with Gasteiger partial charge in [-0.15, -0.1) is 0 Å². The lowest BCUT2D eigenvalue weighted by Gasteiger charge is -2.17. The summed E-state index contributed by atoms with van der Waals surface area (Å²) in [6.45, 7) is 0.807. The lowest BCUT2D eigenvalue weighted by atomic mass is 10.1. The van der Waals surface area contributed by atoms with Crippen LogP contribution in [0.2, 0.25) is 0 Å². The second-order valence-corrected chi connectivity index (χ2v) is 4.34. The molecule has 3 N–H and O–H groups in total. The first kappa shape index (κ1) is 12.6. The quantitative estimate of drug-likeness (QED) is 0.732. The van der Waals surface area contributed by atoms with Crippen molar-refractivity contribution < 1.29 is 14.7 Å². The Morgan fingerprint density at radius 1 is 1.33 bits per heavy atom. The number of carboxylic acids is 1. The van der Waals surface area contributed by atoms with E-state index < -0.39 is 12.0 Å². The Labute approximate surface area is 105 Å². The first-order chi connectivity index (χ1) is 8.68. The molecule has 18 heavy (non-hydrogen) atoms. The van der Waals surface area contributed by atoms with Crippen molar-refractivity contribution in [3.05, 3.63) is 35.9 Å². The van der Waals surface area contributed by atoms with Crippen LogP contribution in [0.1, 0.15) is 24.4 Å². The molecule has 1 fully saturated rings. The number of nitrogens with one attached hydrogen (secondary N) is 2. The molecular weight excluding hydrogens is 232 g/mol. The van der Waals surface area contributed by atoms with E-state index in [4.69, 9.17) is 0 Å². The lowest BCUT2D eigenvalue weighted by molar-refractivity contribution is -0.142. The van der Waals surface area contributed by atoms with Crippen molar-refractivity contribution in [3.8, 4) is 0 Å². The maximum atomic E-state index is 11.9. The third kappa shape index (κ3) is 2.87. The molecule has 1 aliphatic rings. The van der Waals surface area contributed by atoms with Gasteiger partial charge in [-0.1, -0.05) is 30.3 Å². The summed E-state index contributed by atoms with van der Waals surface area (Å²) in [6.07, 6.45) is 1.70. The number of rotatable bonds is 4. The van der Waals surface area contributed by atoms with Crippen molar-refractivity contribution in [1.82, 2.24) is 10.6 Å². The minimum atomic E-state index is -1.05. The molecule has 1 amide bonds. The minimum Gasteiger partial charge on any atom is -0.479 e. The van der Waals surface area contributed by atoms with Gasteiger partial charge in [0.2, 0.25) is 5.91 Å². The van der Waals surface area contributed by atoms with Gasteiger partial charge in [0.15, 0.2) is 6.04 Å². The van der Waals surface area contributed by atoms with E-state index >= 15 is 0 Å². The predicted molar refractivity (Wildman–Crippen MR) is 66.0 cm³/mol.